The largest absolute Gasteiger partial charge is 0.497 e. The number of ether oxygens (including phenoxy) is 1. The standard InChI is InChI=1S/C21H16FN3O4S/c1-11-23-24-21(30-11)25-17(12-5-9-15(29-2)10-6-12)16(19(27)20(25)28)18(26)13-3-7-14(22)8-4-13/h3-10,16-17H,1-2H3. The van der Waals surface area contributed by atoms with Gasteiger partial charge in [-0.1, -0.05) is 23.5 Å². The van der Waals surface area contributed by atoms with Gasteiger partial charge >= 0.3 is 0 Å². The van der Waals surface area contributed by atoms with Crippen molar-refractivity contribution >= 4 is 33.9 Å². The number of aromatic nitrogens is 2. The lowest BCUT2D eigenvalue weighted by atomic mass is 9.86. The number of carbonyl (C=O) groups excluding carboxylic acids is 3. The second-order valence-electron chi connectivity index (χ2n) is 6.71. The number of halogens is 1. The Kier molecular flexibility index (Phi) is 5.13. The first-order valence-electron chi connectivity index (χ1n) is 9.02. The Hall–Kier alpha value is -3.46. The third kappa shape index (κ3) is 3.37. The minimum absolute atomic E-state index is 0.149. The van der Waals surface area contributed by atoms with Crippen molar-refractivity contribution in [3.63, 3.8) is 0 Å². The lowest BCUT2D eigenvalue weighted by molar-refractivity contribution is -0.135. The average molecular weight is 425 g/mol. The molecule has 0 N–H and O–H groups in total. The van der Waals surface area contributed by atoms with Crippen LogP contribution >= 0.6 is 11.3 Å². The van der Waals surface area contributed by atoms with E-state index in [9.17, 15) is 18.8 Å². The lowest BCUT2D eigenvalue weighted by Gasteiger charge is -2.25. The van der Waals surface area contributed by atoms with Crippen molar-refractivity contribution < 1.29 is 23.5 Å². The predicted octanol–water partition coefficient (Wildman–Crippen LogP) is 3.15. The molecule has 0 aliphatic carbocycles. The first kappa shape index (κ1) is 19.8. The SMILES string of the molecule is COc1ccc(C2C(C(=O)c3ccc(F)cc3)C(=O)C(=O)N2c2nnc(C)s2)cc1. The summed E-state index contributed by atoms with van der Waals surface area (Å²) in [4.78, 5) is 40.3. The van der Waals surface area contributed by atoms with Crippen LogP contribution in [0.4, 0.5) is 9.52 Å². The predicted molar refractivity (Wildman–Crippen MR) is 107 cm³/mol. The molecule has 2 heterocycles. The molecule has 4 rings (SSSR count). The summed E-state index contributed by atoms with van der Waals surface area (Å²) < 4.78 is 18.5. The molecule has 1 amide bonds. The van der Waals surface area contributed by atoms with Crippen molar-refractivity contribution in [3.05, 3.63) is 70.5 Å². The molecular formula is C21H16FN3O4S. The molecular weight excluding hydrogens is 409 g/mol. The molecule has 9 heteroatoms. The van der Waals surface area contributed by atoms with Gasteiger partial charge in [0.05, 0.1) is 13.2 Å². The molecule has 30 heavy (non-hydrogen) atoms. The highest BCUT2D eigenvalue weighted by molar-refractivity contribution is 7.15. The Morgan fingerprint density at radius 3 is 2.30 bits per heavy atom. The highest BCUT2D eigenvalue weighted by Crippen LogP contribution is 2.42. The van der Waals surface area contributed by atoms with Crippen LogP contribution in [-0.2, 0) is 9.59 Å². The maximum atomic E-state index is 13.3. The molecule has 1 saturated heterocycles. The van der Waals surface area contributed by atoms with Gasteiger partial charge in [-0.2, -0.15) is 0 Å². The first-order valence-corrected chi connectivity index (χ1v) is 9.83. The van der Waals surface area contributed by atoms with Crippen LogP contribution in [0.1, 0.15) is 27.0 Å². The summed E-state index contributed by atoms with van der Waals surface area (Å²) in [5.41, 5.74) is 0.722. The third-order valence-corrected chi connectivity index (χ3v) is 5.73. The van der Waals surface area contributed by atoms with E-state index in [1.165, 1.54) is 24.1 Å². The third-order valence-electron chi connectivity index (χ3n) is 4.90. The normalized spacial score (nSPS) is 18.7. The zero-order valence-electron chi connectivity index (χ0n) is 16.0. The Bertz CT molecular complexity index is 1130. The molecule has 3 aromatic rings. The van der Waals surface area contributed by atoms with Crippen LogP contribution in [0.25, 0.3) is 0 Å². The fourth-order valence-corrected chi connectivity index (χ4v) is 4.18. The molecule has 1 fully saturated rings. The van der Waals surface area contributed by atoms with Gasteiger partial charge in [0, 0.05) is 5.56 Å². The topological polar surface area (TPSA) is 89.5 Å². The molecule has 0 radical (unpaired) electrons. The van der Waals surface area contributed by atoms with Crippen molar-refractivity contribution in [1.82, 2.24) is 10.2 Å². The second-order valence-corrected chi connectivity index (χ2v) is 7.87. The number of rotatable bonds is 5. The van der Waals surface area contributed by atoms with Crippen LogP contribution in [0.15, 0.2) is 48.5 Å². The summed E-state index contributed by atoms with van der Waals surface area (Å²) in [6.07, 6.45) is 0. The molecule has 0 bridgehead atoms. The monoisotopic (exact) mass is 425 g/mol. The van der Waals surface area contributed by atoms with Crippen LogP contribution in [0.2, 0.25) is 0 Å². The molecule has 152 valence electrons. The van der Waals surface area contributed by atoms with Gasteiger partial charge in [-0.3, -0.25) is 19.3 Å². The summed E-state index contributed by atoms with van der Waals surface area (Å²) in [6, 6.07) is 10.8. The second kappa shape index (κ2) is 7.75. The van der Waals surface area contributed by atoms with Crippen LogP contribution in [0.3, 0.4) is 0 Å². The number of benzene rings is 2. The van der Waals surface area contributed by atoms with Crippen molar-refractivity contribution in [2.75, 3.05) is 12.0 Å². The van der Waals surface area contributed by atoms with E-state index < -0.39 is 35.3 Å². The Balaban J connectivity index is 1.83. The van der Waals surface area contributed by atoms with E-state index in [0.29, 0.717) is 16.3 Å². The molecule has 2 atom stereocenters. The van der Waals surface area contributed by atoms with Crippen LogP contribution in [0, 0.1) is 18.7 Å². The minimum atomic E-state index is -1.29. The average Bonchev–Trinajstić information content (AvgIpc) is 3.29. The van der Waals surface area contributed by atoms with Crippen molar-refractivity contribution in [3.8, 4) is 5.75 Å². The Morgan fingerprint density at radius 2 is 1.73 bits per heavy atom. The lowest BCUT2D eigenvalue weighted by Crippen LogP contribution is -2.30. The Morgan fingerprint density at radius 1 is 1.07 bits per heavy atom. The molecule has 2 aromatic carbocycles. The van der Waals surface area contributed by atoms with Gasteiger partial charge in [-0.05, 0) is 48.9 Å². The maximum Gasteiger partial charge on any atom is 0.297 e. The number of anilines is 1. The van der Waals surface area contributed by atoms with E-state index >= 15 is 0 Å². The van der Waals surface area contributed by atoms with Crippen LogP contribution in [0.5, 0.6) is 5.75 Å². The number of hydrogen-bond acceptors (Lipinski definition) is 7. The van der Waals surface area contributed by atoms with Gasteiger partial charge in [-0.15, -0.1) is 10.2 Å². The highest BCUT2D eigenvalue weighted by atomic mass is 32.1. The molecule has 1 aliphatic heterocycles. The smallest absolute Gasteiger partial charge is 0.297 e. The summed E-state index contributed by atoms with van der Waals surface area (Å²) in [6.45, 7) is 1.73. The highest BCUT2D eigenvalue weighted by Gasteiger charge is 2.53. The quantitative estimate of drug-likeness (QED) is 0.354. The molecule has 2 unspecified atom stereocenters. The van der Waals surface area contributed by atoms with Gasteiger partial charge in [-0.25, -0.2) is 4.39 Å². The molecule has 1 aromatic heterocycles. The zero-order chi connectivity index (χ0) is 21.4. The van der Waals surface area contributed by atoms with Crippen molar-refractivity contribution in [2.45, 2.75) is 13.0 Å². The number of nitrogens with zero attached hydrogens (tertiary/aromatic N) is 3. The maximum absolute atomic E-state index is 13.3. The van der Waals surface area contributed by atoms with Crippen molar-refractivity contribution in [1.29, 1.82) is 0 Å². The molecule has 0 saturated carbocycles. The number of amides is 1. The van der Waals surface area contributed by atoms with Gasteiger partial charge in [0.2, 0.25) is 10.9 Å². The van der Waals surface area contributed by atoms with Gasteiger partial charge < -0.3 is 4.74 Å². The van der Waals surface area contributed by atoms with E-state index in [-0.39, 0.29) is 10.7 Å². The van der Waals surface area contributed by atoms with Crippen molar-refractivity contribution in [2.24, 2.45) is 5.92 Å². The minimum Gasteiger partial charge on any atom is -0.497 e. The van der Waals surface area contributed by atoms with E-state index in [4.69, 9.17) is 4.74 Å². The number of ketones is 2. The number of hydrogen-bond donors (Lipinski definition) is 0. The van der Waals surface area contributed by atoms with Gasteiger partial charge in [0.15, 0.2) is 5.78 Å². The van der Waals surface area contributed by atoms with Crippen LogP contribution < -0.4 is 9.64 Å². The van der Waals surface area contributed by atoms with E-state index in [2.05, 4.69) is 10.2 Å². The van der Waals surface area contributed by atoms with Crippen LogP contribution in [-0.4, -0.2) is 34.8 Å². The number of carbonyl (C=O) groups is 3. The molecule has 0 spiro atoms. The fourth-order valence-electron chi connectivity index (χ4n) is 3.46. The number of Topliss-reactive ketones (excluding diaryl/α,β-unsaturated/α-hetero) is 2. The first-order chi connectivity index (χ1) is 14.4. The number of methoxy groups -OCH3 is 1. The summed E-state index contributed by atoms with van der Waals surface area (Å²) in [5, 5.41) is 8.79. The fraction of sp³-hybridized carbons (Fsp3) is 0.190. The van der Waals surface area contributed by atoms with Gasteiger partial charge in [0.25, 0.3) is 5.91 Å². The van der Waals surface area contributed by atoms with Gasteiger partial charge in [0.1, 0.15) is 22.5 Å². The van der Waals surface area contributed by atoms with E-state index in [1.807, 2.05) is 0 Å². The van der Waals surface area contributed by atoms with E-state index in [0.717, 1.165) is 23.5 Å². The zero-order valence-corrected chi connectivity index (χ0v) is 16.9. The Labute approximate surface area is 175 Å². The molecule has 1 aliphatic rings. The number of aryl methyl sites for hydroxylation is 1. The molecule has 7 nitrogen and oxygen atoms in total. The summed E-state index contributed by atoms with van der Waals surface area (Å²) in [7, 11) is 1.52. The van der Waals surface area contributed by atoms with E-state index in [1.54, 1.807) is 31.2 Å². The summed E-state index contributed by atoms with van der Waals surface area (Å²) in [5.74, 6) is -3.42. The summed E-state index contributed by atoms with van der Waals surface area (Å²) >= 11 is 1.15.